The molecule has 238 valence electrons. The minimum atomic E-state index is -1.17. The van der Waals surface area contributed by atoms with E-state index in [1.54, 1.807) is 0 Å². The van der Waals surface area contributed by atoms with Crippen LogP contribution >= 0.6 is 11.8 Å². The summed E-state index contributed by atoms with van der Waals surface area (Å²) >= 11 is 5.79. The Morgan fingerprint density at radius 3 is 1.77 bits per heavy atom. The average molecular weight is 637 g/mol. The van der Waals surface area contributed by atoms with Crippen molar-refractivity contribution in [2.75, 3.05) is 27.3 Å². The van der Waals surface area contributed by atoms with Gasteiger partial charge in [0.1, 0.15) is 12.1 Å². The molecule has 44 heavy (non-hydrogen) atoms. The van der Waals surface area contributed by atoms with Crippen LogP contribution in [0.1, 0.15) is 59.2 Å². The Morgan fingerprint density at radius 1 is 0.795 bits per heavy atom. The van der Waals surface area contributed by atoms with Crippen LogP contribution in [0, 0.1) is 20.2 Å². The number of nitro benzene ring substituents is 2. The Bertz CT molecular complexity index is 1330. The van der Waals surface area contributed by atoms with Crippen molar-refractivity contribution in [1.82, 2.24) is 9.32 Å². The number of hydrogen-bond donors (Lipinski definition) is 1. The number of nitro groups is 2. The Hall–Kier alpha value is -4.63. The molecule has 2 aromatic rings. The molecule has 0 radical (unpaired) electrons. The molecule has 2 aromatic carbocycles. The van der Waals surface area contributed by atoms with Gasteiger partial charge in [0.2, 0.25) is 0 Å². The number of esters is 2. The molecule has 1 N–H and O–H groups in total. The van der Waals surface area contributed by atoms with Gasteiger partial charge >= 0.3 is 17.9 Å². The Balaban J connectivity index is 0.000000250. The summed E-state index contributed by atoms with van der Waals surface area (Å²) in [5.41, 5.74) is -0.230. The third-order valence-corrected chi connectivity index (χ3v) is 7.16. The number of carboxylic acids is 1. The second-order valence-electron chi connectivity index (χ2n) is 9.61. The molecule has 2 aliphatic rings. The lowest BCUT2D eigenvalue weighted by Gasteiger charge is -2.33. The number of likely N-dealkylation sites (tertiary alicyclic amines) is 1. The van der Waals surface area contributed by atoms with Crippen molar-refractivity contribution < 1.29 is 43.6 Å². The van der Waals surface area contributed by atoms with Crippen LogP contribution in [0.25, 0.3) is 0 Å². The van der Waals surface area contributed by atoms with Gasteiger partial charge in [0.25, 0.3) is 17.3 Å². The van der Waals surface area contributed by atoms with Gasteiger partial charge in [-0.15, -0.1) is 0 Å². The number of aromatic carboxylic acids is 1. The van der Waals surface area contributed by atoms with E-state index < -0.39 is 27.8 Å². The fraction of sp³-hybridized carbons (Fsp3) is 0.429. The van der Waals surface area contributed by atoms with Gasteiger partial charge in [0.05, 0.1) is 29.6 Å². The highest BCUT2D eigenvalue weighted by molar-refractivity contribution is 6.14. The molecule has 0 spiro atoms. The molecule has 2 saturated heterocycles. The van der Waals surface area contributed by atoms with Crippen molar-refractivity contribution in [3.05, 3.63) is 79.9 Å². The summed E-state index contributed by atoms with van der Waals surface area (Å²) in [5, 5.41) is 29.4. The third-order valence-electron chi connectivity index (χ3n) is 6.76. The smallest absolute Gasteiger partial charge is 0.335 e. The van der Waals surface area contributed by atoms with Crippen molar-refractivity contribution >= 4 is 47.0 Å². The summed E-state index contributed by atoms with van der Waals surface area (Å²) in [7, 11) is 2.68. The van der Waals surface area contributed by atoms with E-state index >= 15 is 0 Å². The average Bonchev–Trinajstić information content (AvgIpc) is 3.04. The van der Waals surface area contributed by atoms with Crippen LogP contribution in [-0.2, 0) is 19.1 Å². The van der Waals surface area contributed by atoms with Crippen LogP contribution in [0.2, 0.25) is 0 Å². The fourth-order valence-electron chi connectivity index (χ4n) is 4.49. The van der Waals surface area contributed by atoms with Gasteiger partial charge in [0.15, 0.2) is 0 Å². The Kier molecular flexibility index (Phi) is 14.1. The molecule has 1 amide bonds. The predicted octanol–water partition coefficient (Wildman–Crippen LogP) is 4.22. The highest BCUT2D eigenvalue weighted by Crippen LogP contribution is 2.23. The van der Waals surface area contributed by atoms with Crippen LogP contribution < -0.4 is 0 Å². The number of piperidine rings is 2. The zero-order chi connectivity index (χ0) is 32.8. The lowest BCUT2D eigenvalue weighted by atomic mass is 10.0. The second-order valence-corrected chi connectivity index (χ2v) is 10.0. The van der Waals surface area contributed by atoms with Gasteiger partial charge in [-0.05, 0) is 62.4 Å². The van der Waals surface area contributed by atoms with Crippen molar-refractivity contribution in [2.45, 2.75) is 50.6 Å². The highest BCUT2D eigenvalue weighted by Gasteiger charge is 2.33. The monoisotopic (exact) mass is 636 g/mol. The summed E-state index contributed by atoms with van der Waals surface area (Å²) < 4.78 is 10.9. The summed E-state index contributed by atoms with van der Waals surface area (Å²) in [5.74, 6) is -2.22. The molecular formula is C28H33ClN4O11. The molecule has 2 atom stereocenters. The summed E-state index contributed by atoms with van der Waals surface area (Å²) in [4.78, 5) is 66.9. The highest BCUT2D eigenvalue weighted by atomic mass is 35.5. The number of benzene rings is 2. The minimum Gasteiger partial charge on any atom is -0.478 e. The normalized spacial score (nSPS) is 17.8. The second kappa shape index (κ2) is 17.5. The number of ether oxygens (including phenoxy) is 2. The van der Waals surface area contributed by atoms with Crippen molar-refractivity contribution in [1.29, 1.82) is 0 Å². The summed E-state index contributed by atoms with van der Waals surface area (Å²) in [6.07, 6.45) is 5.14. The summed E-state index contributed by atoms with van der Waals surface area (Å²) in [6, 6.07) is 9.58. The zero-order valence-electron chi connectivity index (χ0n) is 24.1. The van der Waals surface area contributed by atoms with Gasteiger partial charge in [-0.25, -0.2) is 14.0 Å². The van der Waals surface area contributed by atoms with Crippen molar-refractivity contribution in [3.8, 4) is 0 Å². The molecule has 0 aromatic heterocycles. The number of halogens is 1. The van der Waals surface area contributed by atoms with Gasteiger partial charge in [-0.3, -0.25) is 29.8 Å². The molecule has 15 nitrogen and oxygen atoms in total. The van der Waals surface area contributed by atoms with E-state index in [1.165, 1.54) is 66.0 Å². The maximum Gasteiger partial charge on any atom is 0.335 e. The number of carboxylic acid groups (broad SMARTS) is 1. The van der Waals surface area contributed by atoms with E-state index in [9.17, 15) is 39.4 Å². The van der Waals surface area contributed by atoms with Crippen LogP contribution in [0.3, 0.4) is 0 Å². The number of hydrogen-bond acceptors (Lipinski definition) is 11. The molecule has 0 aliphatic carbocycles. The van der Waals surface area contributed by atoms with Gasteiger partial charge < -0.3 is 19.5 Å². The number of nitrogens with zero attached hydrogens (tertiary/aromatic N) is 4. The molecule has 2 aliphatic heterocycles. The van der Waals surface area contributed by atoms with E-state index in [4.69, 9.17) is 21.6 Å². The molecule has 0 bridgehead atoms. The predicted molar refractivity (Wildman–Crippen MR) is 156 cm³/mol. The van der Waals surface area contributed by atoms with Gasteiger partial charge in [-0.1, -0.05) is 12.1 Å². The fourth-order valence-corrected chi connectivity index (χ4v) is 4.79. The van der Waals surface area contributed by atoms with Crippen LogP contribution in [0.4, 0.5) is 11.4 Å². The zero-order valence-corrected chi connectivity index (χ0v) is 24.9. The molecule has 2 unspecified atom stereocenters. The van der Waals surface area contributed by atoms with Crippen LogP contribution in [0.15, 0.2) is 48.5 Å². The van der Waals surface area contributed by atoms with E-state index in [2.05, 4.69) is 4.74 Å². The third kappa shape index (κ3) is 10.3. The molecule has 16 heteroatoms. The summed E-state index contributed by atoms with van der Waals surface area (Å²) in [6.45, 7) is 1.22. The van der Waals surface area contributed by atoms with Gasteiger partial charge in [0, 0.05) is 42.9 Å². The maximum atomic E-state index is 12.5. The van der Waals surface area contributed by atoms with E-state index in [-0.39, 0.29) is 40.4 Å². The van der Waals surface area contributed by atoms with Crippen molar-refractivity contribution in [3.63, 3.8) is 0 Å². The molecular weight excluding hydrogens is 604 g/mol. The number of carbonyl (C=O) groups excluding carboxylic acids is 3. The molecule has 2 fully saturated rings. The first kappa shape index (κ1) is 35.6. The van der Waals surface area contributed by atoms with Crippen LogP contribution in [0.5, 0.6) is 0 Å². The first-order valence-corrected chi connectivity index (χ1v) is 13.9. The van der Waals surface area contributed by atoms with Gasteiger partial charge in [-0.2, -0.15) is 0 Å². The number of amides is 1. The topological polar surface area (TPSA) is 200 Å². The van der Waals surface area contributed by atoms with Crippen molar-refractivity contribution in [2.24, 2.45) is 0 Å². The number of rotatable bonds is 6. The first-order chi connectivity index (χ1) is 20.9. The molecule has 4 rings (SSSR count). The lowest BCUT2D eigenvalue weighted by Crippen LogP contribution is -2.48. The standard InChI is InChI=1S/C14H16N2O5.C7H12ClNO2.C7H5NO4/c1-21-14(18)12-7-2-3-8-15(12)13(17)10-5-4-6-11(9-10)16(19)20;1-11-7(10)6-4-2-3-5-9(6)8;9-7(10)5-2-1-3-6(4-5)8(11)12/h4-6,9,12H,2-3,7-8H2,1H3;6H,2-5H2,1H3;1-4H,(H,9,10). The van der Waals surface area contributed by atoms with E-state index in [1.807, 2.05) is 0 Å². The minimum absolute atomic E-state index is 0.0794. The molecule has 0 saturated carbocycles. The lowest BCUT2D eigenvalue weighted by molar-refractivity contribution is -0.385. The van der Waals surface area contributed by atoms with E-state index in [0.717, 1.165) is 44.7 Å². The number of methoxy groups -OCH3 is 2. The largest absolute Gasteiger partial charge is 0.478 e. The van der Waals surface area contributed by atoms with E-state index in [0.29, 0.717) is 13.0 Å². The SMILES string of the molecule is COC(=O)C1CCCCN1C(=O)c1cccc([N+](=O)[O-])c1.COC(=O)C1CCCCN1Cl.O=C(O)c1cccc([N+](=O)[O-])c1. The quantitative estimate of drug-likeness (QED) is 0.205. The Labute approximate surface area is 257 Å². The maximum absolute atomic E-state index is 12.5. The number of non-ortho nitro benzene ring substituents is 2. The van der Waals surface area contributed by atoms with Crippen LogP contribution in [-0.4, -0.2) is 87.5 Å². The first-order valence-electron chi connectivity index (χ1n) is 13.5. The Morgan fingerprint density at radius 2 is 1.27 bits per heavy atom. The number of carbonyl (C=O) groups is 4. The molecule has 2 heterocycles.